The van der Waals surface area contributed by atoms with Crippen LogP contribution in [0.4, 0.5) is 0 Å². The Morgan fingerprint density at radius 3 is 2.81 bits per heavy atom. The third-order valence-electron chi connectivity index (χ3n) is 2.99. The van der Waals surface area contributed by atoms with Crippen molar-refractivity contribution < 1.29 is 4.42 Å². The zero-order valence-corrected chi connectivity index (χ0v) is 12.7. The first kappa shape index (κ1) is 13.9. The van der Waals surface area contributed by atoms with Crippen LogP contribution in [-0.2, 0) is 18.8 Å². The monoisotopic (exact) mass is 304 g/mol. The molecule has 0 aliphatic carbocycles. The fourth-order valence-electron chi connectivity index (χ4n) is 1.96. The van der Waals surface area contributed by atoms with Crippen molar-refractivity contribution in [3.05, 3.63) is 30.3 Å². The predicted octanol–water partition coefficient (Wildman–Crippen LogP) is 2.46. The van der Waals surface area contributed by atoms with Gasteiger partial charge in [0.2, 0.25) is 0 Å². The molecule has 0 saturated carbocycles. The fraction of sp³-hybridized carbons (Fsp3) is 0.385. The van der Waals surface area contributed by atoms with Gasteiger partial charge in [-0.3, -0.25) is 4.57 Å². The van der Waals surface area contributed by atoms with Crippen molar-refractivity contribution in [2.75, 3.05) is 0 Å². The number of thioether (sulfide) groups is 1. The Hall–Kier alpha value is -2.09. The van der Waals surface area contributed by atoms with Gasteiger partial charge in [-0.15, -0.1) is 10.2 Å². The molecular formula is C13H16N6OS. The average molecular weight is 304 g/mol. The molecule has 8 heteroatoms. The molecular weight excluding hydrogens is 288 g/mol. The molecule has 0 bridgehead atoms. The van der Waals surface area contributed by atoms with Gasteiger partial charge in [-0.1, -0.05) is 11.8 Å². The number of aryl methyl sites for hydroxylation is 1. The smallest absolute Gasteiger partial charge is 0.200 e. The molecule has 0 atom stereocenters. The van der Waals surface area contributed by atoms with Crippen LogP contribution >= 0.6 is 11.8 Å². The molecule has 7 nitrogen and oxygen atoms in total. The second-order valence-electron chi connectivity index (χ2n) is 4.34. The van der Waals surface area contributed by atoms with Gasteiger partial charge in [0.1, 0.15) is 0 Å². The minimum Gasteiger partial charge on any atom is -0.461 e. The van der Waals surface area contributed by atoms with Crippen molar-refractivity contribution in [2.45, 2.75) is 37.8 Å². The van der Waals surface area contributed by atoms with Crippen molar-refractivity contribution in [3.63, 3.8) is 0 Å². The zero-order chi connectivity index (χ0) is 14.7. The van der Waals surface area contributed by atoms with Gasteiger partial charge < -0.3 is 4.42 Å². The molecule has 3 aromatic rings. The molecule has 0 radical (unpaired) electrons. The Morgan fingerprint density at radius 2 is 2.14 bits per heavy atom. The first-order valence-corrected chi connectivity index (χ1v) is 7.79. The van der Waals surface area contributed by atoms with Crippen LogP contribution in [0.3, 0.4) is 0 Å². The lowest BCUT2D eigenvalue weighted by atomic mass is 10.4. The number of hydrogen-bond donors (Lipinski definition) is 0. The van der Waals surface area contributed by atoms with Crippen LogP contribution in [-0.4, -0.2) is 29.8 Å². The summed E-state index contributed by atoms with van der Waals surface area (Å²) in [7, 11) is 0. The molecule has 0 saturated heterocycles. The normalized spacial score (nSPS) is 11.1. The fourth-order valence-corrected chi connectivity index (χ4v) is 2.84. The van der Waals surface area contributed by atoms with Crippen LogP contribution < -0.4 is 0 Å². The largest absolute Gasteiger partial charge is 0.461 e. The van der Waals surface area contributed by atoms with E-state index in [1.165, 1.54) is 0 Å². The summed E-state index contributed by atoms with van der Waals surface area (Å²) in [4.78, 5) is 1.68. The molecule has 0 fully saturated rings. The molecule has 3 heterocycles. The highest BCUT2D eigenvalue weighted by atomic mass is 32.2. The van der Waals surface area contributed by atoms with Crippen LogP contribution in [0.1, 0.15) is 19.5 Å². The van der Waals surface area contributed by atoms with E-state index in [1.807, 2.05) is 23.6 Å². The second kappa shape index (κ2) is 6.13. The highest BCUT2D eigenvalue weighted by Crippen LogP contribution is 2.25. The van der Waals surface area contributed by atoms with E-state index < -0.39 is 0 Å². The SMILES string of the molecule is CCn1ncc(CSc2nnc(-c3ccco3)n2CC)n1. The summed E-state index contributed by atoms with van der Waals surface area (Å²) < 4.78 is 7.43. The first-order valence-electron chi connectivity index (χ1n) is 6.80. The van der Waals surface area contributed by atoms with Crippen molar-refractivity contribution in [2.24, 2.45) is 0 Å². The Bertz CT molecular complexity index is 702. The summed E-state index contributed by atoms with van der Waals surface area (Å²) in [6.45, 7) is 5.64. The van der Waals surface area contributed by atoms with Crippen molar-refractivity contribution in [1.29, 1.82) is 0 Å². The molecule has 0 aromatic carbocycles. The molecule has 0 aliphatic rings. The Kier molecular flexibility index (Phi) is 4.05. The van der Waals surface area contributed by atoms with Gasteiger partial charge in [0.15, 0.2) is 16.7 Å². The molecule has 21 heavy (non-hydrogen) atoms. The van der Waals surface area contributed by atoms with Crippen molar-refractivity contribution in [1.82, 2.24) is 29.8 Å². The van der Waals surface area contributed by atoms with E-state index in [0.717, 1.165) is 41.3 Å². The van der Waals surface area contributed by atoms with Gasteiger partial charge in [-0.2, -0.15) is 15.0 Å². The third-order valence-corrected chi connectivity index (χ3v) is 3.99. The molecule has 0 unspecified atom stereocenters. The number of rotatable bonds is 6. The van der Waals surface area contributed by atoms with E-state index in [4.69, 9.17) is 4.42 Å². The topological polar surface area (TPSA) is 74.6 Å². The van der Waals surface area contributed by atoms with E-state index in [-0.39, 0.29) is 0 Å². The summed E-state index contributed by atoms with van der Waals surface area (Å²) in [6.07, 6.45) is 3.43. The van der Waals surface area contributed by atoms with Gasteiger partial charge >= 0.3 is 0 Å². The molecule has 3 rings (SSSR count). The van der Waals surface area contributed by atoms with E-state index >= 15 is 0 Å². The second-order valence-corrected chi connectivity index (χ2v) is 5.28. The zero-order valence-electron chi connectivity index (χ0n) is 11.9. The first-order chi connectivity index (χ1) is 10.3. The third kappa shape index (κ3) is 2.85. The van der Waals surface area contributed by atoms with E-state index in [9.17, 15) is 0 Å². The molecule has 110 valence electrons. The standard InChI is InChI=1S/C13H16N6OS/c1-3-18-12(11-6-5-7-20-11)15-16-13(18)21-9-10-8-14-19(4-2)17-10/h5-8H,3-4,9H2,1-2H3. The lowest BCUT2D eigenvalue weighted by Gasteiger charge is -2.04. The summed E-state index contributed by atoms with van der Waals surface area (Å²) >= 11 is 1.60. The highest BCUT2D eigenvalue weighted by Gasteiger charge is 2.15. The average Bonchev–Trinajstić information content (AvgIpc) is 3.23. The molecule has 0 aliphatic heterocycles. The molecule has 0 spiro atoms. The molecule has 0 amide bonds. The highest BCUT2D eigenvalue weighted by molar-refractivity contribution is 7.98. The maximum atomic E-state index is 5.40. The molecule has 0 N–H and O–H groups in total. The van der Waals surface area contributed by atoms with Crippen molar-refractivity contribution in [3.8, 4) is 11.6 Å². The van der Waals surface area contributed by atoms with Crippen LogP contribution in [0, 0.1) is 0 Å². The van der Waals surface area contributed by atoms with Gasteiger partial charge in [-0.05, 0) is 26.0 Å². The van der Waals surface area contributed by atoms with Crippen molar-refractivity contribution >= 4 is 11.8 Å². The number of hydrogen-bond acceptors (Lipinski definition) is 6. The number of aromatic nitrogens is 6. The maximum absolute atomic E-state index is 5.40. The quantitative estimate of drug-likeness (QED) is 0.651. The lowest BCUT2D eigenvalue weighted by Crippen LogP contribution is -2.00. The summed E-state index contributed by atoms with van der Waals surface area (Å²) in [5.74, 6) is 2.20. The lowest BCUT2D eigenvalue weighted by molar-refractivity contribution is 0.565. The van der Waals surface area contributed by atoms with Crippen LogP contribution in [0.15, 0.2) is 34.2 Å². The van der Waals surface area contributed by atoms with Gasteiger partial charge in [0, 0.05) is 12.3 Å². The Balaban J connectivity index is 1.76. The number of nitrogens with zero attached hydrogens (tertiary/aromatic N) is 6. The van der Waals surface area contributed by atoms with Crippen LogP contribution in [0.5, 0.6) is 0 Å². The Morgan fingerprint density at radius 1 is 1.24 bits per heavy atom. The van der Waals surface area contributed by atoms with E-state index in [2.05, 4.69) is 27.3 Å². The van der Waals surface area contributed by atoms with Gasteiger partial charge in [0.05, 0.1) is 24.7 Å². The predicted molar refractivity (Wildman–Crippen MR) is 78.7 cm³/mol. The van der Waals surface area contributed by atoms with Crippen LogP contribution in [0.25, 0.3) is 11.6 Å². The van der Waals surface area contributed by atoms with E-state index in [0.29, 0.717) is 0 Å². The van der Waals surface area contributed by atoms with Gasteiger partial charge in [-0.25, -0.2) is 0 Å². The minimum atomic E-state index is 0.719. The molecule has 3 aromatic heterocycles. The summed E-state index contributed by atoms with van der Waals surface area (Å²) in [5, 5.41) is 17.9. The van der Waals surface area contributed by atoms with Crippen LogP contribution in [0.2, 0.25) is 0 Å². The number of furan rings is 1. The maximum Gasteiger partial charge on any atom is 0.200 e. The Labute approximate surface area is 126 Å². The summed E-state index contributed by atoms with van der Waals surface area (Å²) in [5.41, 5.74) is 0.937. The van der Waals surface area contributed by atoms with Gasteiger partial charge in [0.25, 0.3) is 0 Å². The minimum absolute atomic E-state index is 0.719. The van der Waals surface area contributed by atoms with E-state index in [1.54, 1.807) is 29.0 Å². The summed E-state index contributed by atoms with van der Waals surface area (Å²) in [6, 6.07) is 3.73.